The fourth-order valence-corrected chi connectivity index (χ4v) is 2.96. The number of hydrogen-bond donors (Lipinski definition) is 2. The first-order valence-electron chi connectivity index (χ1n) is 7.38. The number of rotatable bonds is 6. The van der Waals surface area contributed by atoms with E-state index in [0.29, 0.717) is 6.10 Å². The monoisotopic (exact) mass is 280 g/mol. The molecule has 1 saturated heterocycles. The number of nitrogens with two attached hydrogens (primary N) is 1. The van der Waals surface area contributed by atoms with Crippen molar-refractivity contribution in [1.29, 1.82) is 0 Å². The van der Waals surface area contributed by atoms with Crippen molar-refractivity contribution in [3.05, 3.63) is 35.6 Å². The fourth-order valence-electron chi connectivity index (χ4n) is 2.96. The molecule has 1 aromatic rings. The van der Waals surface area contributed by atoms with Crippen molar-refractivity contribution in [3.63, 3.8) is 0 Å². The van der Waals surface area contributed by atoms with E-state index in [9.17, 15) is 4.39 Å². The first-order chi connectivity index (χ1) is 9.54. The number of hydrogen-bond acceptors (Lipinski definition) is 3. The van der Waals surface area contributed by atoms with Crippen molar-refractivity contribution in [2.45, 2.75) is 57.1 Å². The lowest BCUT2D eigenvalue weighted by Crippen LogP contribution is -2.48. The van der Waals surface area contributed by atoms with Crippen LogP contribution in [0.15, 0.2) is 24.3 Å². The van der Waals surface area contributed by atoms with Crippen LogP contribution in [-0.2, 0) is 10.2 Å². The molecule has 2 atom stereocenters. The third-order valence-electron chi connectivity index (χ3n) is 4.46. The summed E-state index contributed by atoms with van der Waals surface area (Å²) in [5.74, 6) is 5.54. The van der Waals surface area contributed by atoms with Gasteiger partial charge in [0.2, 0.25) is 0 Å². The van der Waals surface area contributed by atoms with E-state index in [1.807, 2.05) is 12.1 Å². The second-order valence-corrected chi connectivity index (χ2v) is 6.16. The third kappa shape index (κ3) is 3.57. The van der Waals surface area contributed by atoms with E-state index < -0.39 is 0 Å². The smallest absolute Gasteiger partial charge is 0.123 e. The van der Waals surface area contributed by atoms with Crippen molar-refractivity contribution >= 4 is 0 Å². The maximum Gasteiger partial charge on any atom is 0.123 e. The average molecular weight is 280 g/mol. The average Bonchev–Trinajstić information content (AvgIpc) is 2.93. The Morgan fingerprint density at radius 2 is 2.10 bits per heavy atom. The minimum absolute atomic E-state index is 0.136. The maximum atomic E-state index is 13.1. The van der Waals surface area contributed by atoms with Gasteiger partial charge >= 0.3 is 0 Å². The lowest BCUT2D eigenvalue weighted by atomic mass is 9.76. The molecule has 1 aliphatic heterocycles. The molecule has 0 spiro atoms. The predicted molar refractivity (Wildman–Crippen MR) is 78.7 cm³/mol. The van der Waals surface area contributed by atoms with Gasteiger partial charge in [0.05, 0.1) is 6.10 Å². The van der Waals surface area contributed by atoms with Gasteiger partial charge in [0, 0.05) is 18.1 Å². The van der Waals surface area contributed by atoms with Gasteiger partial charge in [0.25, 0.3) is 0 Å². The molecule has 1 aliphatic rings. The lowest BCUT2D eigenvalue weighted by molar-refractivity contribution is 0.0966. The summed E-state index contributed by atoms with van der Waals surface area (Å²) in [6, 6.07) is 6.82. The van der Waals surface area contributed by atoms with Gasteiger partial charge in [-0.25, -0.2) is 4.39 Å². The molecule has 0 aliphatic carbocycles. The summed E-state index contributed by atoms with van der Waals surface area (Å²) < 4.78 is 18.7. The van der Waals surface area contributed by atoms with Crippen LogP contribution in [0.2, 0.25) is 0 Å². The largest absolute Gasteiger partial charge is 0.378 e. The molecule has 0 aromatic heterocycles. The lowest BCUT2D eigenvalue weighted by Gasteiger charge is -2.35. The van der Waals surface area contributed by atoms with Crippen molar-refractivity contribution in [2.24, 2.45) is 5.84 Å². The van der Waals surface area contributed by atoms with E-state index in [4.69, 9.17) is 10.6 Å². The van der Waals surface area contributed by atoms with Crippen LogP contribution in [-0.4, -0.2) is 18.8 Å². The van der Waals surface area contributed by atoms with Crippen molar-refractivity contribution in [2.75, 3.05) is 6.61 Å². The molecule has 0 radical (unpaired) electrons. The Labute approximate surface area is 120 Å². The summed E-state index contributed by atoms with van der Waals surface area (Å²) in [5, 5.41) is 0. The zero-order valence-corrected chi connectivity index (χ0v) is 12.4. The molecular formula is C16H25FN2O. The second-order valence-electron chi connectivity index (χ2n) is 6.16. The Kier molecular flexibility index (Phi) is 5.13. The molecule has 3 N–H and O–H groups in total. The molecule has 20 heavy (non-hydrogen) atoms. The zero-order chi connectivity index (χ0) is 14.6. The Morgan fingerprint density at radius 1 is 1.40 bits per heavy atom. The Balaban J connectivity index is 2.01. The van der Waals surface area contributed by atoms with Crippen LogP contribution in [0.1, 0.15) is 45.1 Å². The number of hydrazine groups is 1. The van der Waals surface area contributed by atoms with E-state index in [2.05, 4.69) is 19.3 Å². The molecule has 2 unspecified atom stereocenters. The highest BCUT2D eigenvalue weighted by Crippen LogP contribution is 2.30. The van der Waals surface area contributed by atoms with Crippen LogP contribution < -0.4 is 11.3 Å². The normalized spacial score (nSPS) is 21.1. The fraction of sp³-hybridized carbons (Fsp3) is 0.625. The number of ether oxygens (including phenoxy) is 1. The molecule has 1 aromatic carbocycles. The number of benzene rings is 1. The summed E-state index contributed by atoms with van der Waals surface area (Å²) in [7, 11) is 0. The first-order valence-corrected chi connectivity index (χ1v) is 7.38. The van der Waals surface area contributed by atoms with Gasteiger partial charge in [-0.15, -0.1) is 0 Å². The van der Waals surface area contributed by atoms with Gasteiger partial charge < -0.3 is 4.74 Å². The van der Waals surface area contributed by atoms with Crippen LogP contribution in [0.4, 0.5) is 4.39 Å². The van der Waals surface area contributed by atoms with E-state index in [1.165, 1.54) is 12.1 Å². The predicted octanol–water partition coefficient (Wildman–Crippen LogP) is 2.89. The van der Waals surface area contributed by atoms with Gasteiger partial charge in [-0.3, -0.25) is 11.3 Å². The summed E-state index contributed by atoms with van der Waals surface area (Å²) in [4.78, 5) is 0. The Morgan fingerprint density at radius 3 is 2.65 bits per heavy atom. The molecule has 0 bridgehead atoms. The Hall–Kier alpha value is -0.970. The molecule has 1 fully saturated rings. The molecule has 0 amide bonds. The first kappa shape index (κ1) is 15.4. The second kappa shape index (κ2) is 6.66. The van der Waals surface area contributed by atoms with Crippen molar-refractivity contribution in [1.82, 2.24) is 5.43 Å². The van der Waals surface area contributed by atoms with Crippen LogP contribution in [0, 0.1) is 5.82 Å². The number of nitrogens with one attached hydrogen (secondary N) is 1. The van der Waals surface area contributed by atoms with Gasteiger partial charge in [-0.05, 0) is 43.4 Å². The quantitative estimate of drug-likeness (QED) is 0.622. The molecule has 112 valence electrons. The summed E-state index contributed by atoms with van der Waals surface area (Å²) >= 11 is 0. The molecule has 1 heterocycles. The topological polar surface area (TPSA) is 47.3 Å². The molecule has 3 nitrogen and oxygen atoms in total. The highest BCUT2D eigenvalue weighted by molar-refractivity contribution is 5.26. The minimum Gasteiger partial charge on any atom is -0.378 e. The summed E-state index contributed by atoms with van der Waals surface area (Å²) in [6.07, 6.45) is 4.64. The van der Waals surface area contributed by atoms with Gasteiger partial charge in [0.1, 0.15) is 5.82 Å². The van der Waals surface area contributed by atoms with Gasteiger partial charge in [-0.1, -0.05) is 26.0 Å². The van der Waals surface area contributed by atoms with Gasteiger partial charge in [-0.2, -0.15) is 0 Å². The van der Waals surface area contributed by atoms with Crippen LogP contribution in [0.5, 0.6) is 0 Å². The molecular weight excluding hydrogens is 255 g/mol. The van der Waals surface area contributed by atoms with Crippen LogP contribution in [0.25, 0.3) is 0 Å². The van der Waals surface area contributed by atoms with Crippen LogP contribution >= 0.6 is 0 Å². The van der Waals surface area contributed by atoms with Crippen molar-refractivity contribution in [3.8, 4) is 0 Å². The molecule has 4 heteroatoms. The summed E-state index contributed by atoms with van der Waals surface area (Å²) in [6.45, 7) is 5.16. The van der Waals surface area contributed by atoms with E-state index in [1.54, 1.807) is 0 Å². The van der Waals surface area contributed by atoms with Crippen molar-refractivity contribution < 1.29 is 9.13 Å². The zero-order valence-electron chi connectivity index (χ0n) is 12.4. The third-order valence-corrected chi connectivity index (χ3v) is 4.46. The highest BCUT2D eigenvalue weighted by atomic mass is 19.1. The SMILES string of the molecule is CC(C)(c1ccc(F)cc1)C(CCC1CCCO1)NN. The highest BCUT2D eigenvalue weighted by Gasteiger charge is 2.31. The van der Waals surface area contributed by atoms with E-state index >= 15 is 0 Å². The van der Waals surface area contributed by atoms with E-state index in [-0.39, 0.29) is 17.3 Å². The summed E-state index contributed by atoms with van der Waals surface area (Å²) in [5.41, 5.74) is 3.87. The van der Waals surface area contributed by atoms with Gasteiger partial charge in [0.15, 0.2) is 0 Å². The molecule has 2 rings (SSSR count). The molecule has 0 saturated carbocycles. The number of halogens is 1. The minimum atomic E-state index is -0.207. The Bertz CT molecular complexity index is 413. The standard InChI is InChI=1S/C16H25FN2O/c1-16(2,12-5-7-13(17)8-6-12)15(19-18)10-9-14-4-3-11-20-14/h5-8,14-15,19H,3-4,9-11,18H2,1-2H3. The maximum absolute atomic E-state index is 13.1. The van der Waals surface area contributed by atoms with Crippen LogP contribution in [0.3, 0.4) is 0 Å². The van der Waals surface area contributed by atoms with E-state index in [0.717, 1.165) is 37.9 Å².